The van der Waals surface area contributed by atoms with Crippen LogP contribution >= 0.6 is 0 Å². The van der Waals surface area contributed by atoms with E-state index in [9.17, 15) is 18.0 Å². The summed E-state index contributed by atoms with van der Waals surface area (Å²) in [7, 11) is -3.87. The van der Waals surface area contributed by atoms with E-state index >= 15 is 0 Å². The molecule has 0 aromatic heterocycles. The second-order valence-corrected chi connectivity index (χ2v) is 8.38. The minimum absolute atomic E-state index is 0.00452. The number of carbonyl (C=O) groups excluding carboxylic acids is 2. The van der Waals surface area contributed by atoms with E-state index in [-0.39, 0.29) is 40.4 Å². The highest BCUT2D eigenvalue weighted by molar-refractivity contribution is 7.90. The van der Waals surface area contributed by atoms with Crippen LogP contribution in [0.1, 0.15) is 53.3 Å². The number of fused-ring (bicyclic) bond motifs is 1. The van der Waals surface area contributed by atoms with E-state index in [0.29, 0.717) is 6.54 Å². The number of amides is 2. The molecule has 3 rings (SSSR count). The van der Waals surface area contributed by atoms with Gasteiger partial charge in [-0.25, -0.2) is 12.7 Å². The molecule has 0 radical (unpaired) electrons. The molecule has 3 N–H and O–H groups in total. The molecule has 1 aliphatic heterocycles. The third-order valence-electron chi connectivity index (χ3n) is 5.08. The van der Waals surface area contributed by atoms with Crippen LogP contribution in [0, 0.1) is 5.92 Å². The fourth-order valence-corrected chi connectivity index (χ4v) is 5.26. The molecule has 1 heterocycles. The monoisotopic (exact) mass is 365 g/mol. The van der Waals surface area contributed by atoms with Crippen LogP contribution in [0.3, 0.4) is 0 Å². The molecule has 1 aliphatic carbocycles. The molecule has 2 atom stereocenters. The van der Waals surface area contributed by atoms with Crippen molar-refractivity contribution in [3.8, 4) is 0 Å². The van der Waals surface area contributed by atoms with Gasteiger partial charge in [-0.2, -0.15) is 0 Å². The Labute approximate surface area is 147 Å². The molecule has 2 aliphatic rings. The van der Waals surface area contributed by atoms with Crippen molar-refractivity contribution < 1.29 is 18.0 Å². The zero-order chi connectivity index (χ0) is 18.2. The largest absolute Gasteiger partial charge is 0.349 e. The summed E-state index contributed by atoms with van der Waals surface area (Å²) < 4.78 is 25.7. The van der Waals surface area contributed by atoms with Crippen molar-refractivity contribution in [1.29, 1.82) is 0 Å². The van der Waals surface area contributed by atoms with E-state index in [2.05, 4.69) is 5.32 Å². The number of rotatable bonds is 4. The van der Waals surface area contributed by atoms with Gasteiger partial charge in [0.15, 0.2) is 0 Å². The average Bonchev–Trinajstić information content (AvgIpc) is 2.80. The number of benzene rings is 1. The van der Waals surface area contributed by atoms with Crippen molar-refractivity contribution in [3.63, 3.8) is 0 Å². The SMILES string of the molecule is CCN1C(=O)c2ccc(C(=O)NC3CCCCC3CN)cc2S1(=O)=O. The van der Waals surface area contributed by atoms with E-state index in [1.54, 1.807) is 6.92 Å². The fourth-order valence-electron chi connectivity index (χ4n) is 3.66. The predicted molar refractivity (Wildman–Crippen MR) is 92.6 cm³/mol. The van der Waals surface area contributed by atoms with Crippen LogP contribution in [0.25, 0.3) is 0 Å². The molecule has 1 aromatic carbocycles. The lowest BCUT2D eigenvalue weighted by molar-refractivity contribution is 0.0872. The van der Waals surface area contributed by atoms with E-state index in [4.69, 9.17) is 5.73 Å². The Morgan fingerprint density at radius 2 is 2.04 bits per heavy atom. The highest BCUT2D eigenvalue weighted by atomic mass is 32.2. The molecule has 136 valence electrons. The molecular formula is C17H23N3O4S. The van der Waals surface area contributed by atoms with E-state index < -0.39 is 15.9 Å². The molecule has 1 saturated carbocycles. The second kappa shape index (κ2) is 6.76. The lowest BCUT2D eigenvalue weighted by Crippen LogP contribution is -2.44. The quantitative estimate of drug-likeness (QED) is 0.830. The normalized spacial score (nSPS) is 24.9. The highest BCUT2D eigenvalue weighted by Crippen LogP contribution is 2.31. The summed E-state index contributed by atoms with van der Waals surface area (Å²) in [5, 5.41) is 2.98. The summed E-state index contributed by atoms with van der Waals surface area (Å²) in [5.74, 6) is -0.626. The van der Waals surface area contributed by atoms with Crippen molar-refractivity contribution in [1.82, 2.24) is 9.62 Å². The summed E-state index contributed by atoms with van der Waals surface area (Å²) >= 11 is 0. The molecule has 8 heteroatoms. The number of carbonyl (C=O) groups is 2. The van der Waals surface area contributed by atoms with Gasteiger partial charge in [0.05, 0.1) is 5.56 Å². The average molecular weight is 365 g/mol. The van der Waals surface area contributed by atoms with Crippen LogP contribution in [0.5, 0.6) is 0 Å². The lowest BCUT2D eigenvalue weighted by Gasteiger charge is -2.31. The topological polar surface area (TPSA) is 110 Å². The minimum Gasteiger partial charge on any atom is -0.349 e. The maximum Gasteiger partial charge on any atom is 0.268 e. The third kappa shape index (κ3) is 3.04. The van der Waals surface area contributed by atoms with Gasteiger partial charge in [-0.1, -0.05) is 12.8 Å². The van der Waals surface area contributed by atoms with Crippen molar-refractivity contribution >= 4 is 21.8 Å². The lowest BCUT2D eigenvalue weighted by atomic mass is 9.84. The standard InChI is InChI=1S/C17H23N3O4S/c1-2-20-17(22)13-8-7-11(9-15(13)25(20,23)24)16(21)19-14-6-4-3-5-12(14)10-18/h7-9,12,14H,2-6,10,18H2,1H3,(H,19,21). The Bertz CT molecular complexity index is 806. The third-order valence-corrected chi connectivity index (χ3v) is 6.98. The van der Waals surface area contributed by atoms with E-state index in [0.717, 1.165) is 30.0 Å². The fraction of sp³-hybridized carbons (Fsp3) is 0.529. The zero-order valence-corrected chi connectivity index (χ0v) is 15.0. The predicted octanol–water partition coefficient (Wildman–Crippen LogP) is 1.10. The molecule has 7 nitrogen and oxygen atoms in total. The first-order valence-corrected chi connectivity index (χ1v) is 10.1. The first-order chi connectivity index (χ1) is 11.9. The number of sulfonamides is 1. The van der Waals surface area contributed by atoms with Gasteiger partial charge in [-0.15, -0.1) is 0 Å². The Kier molecular flexibility index (Phi) is 4.83. The van der Waals surface area contributed by atoms with Crippen LogP contribution in [0.2, 0.25) is 0 Å². The number of hydrogen-bond acceptors (Lipinski definition) is 5. The molecule has 1 fully saturated rings. The molecular weight excluding hydrogens is 342 g/mol. The van der Waals surface area contributed by atoms with Gasteiger partial charge < -0.3 is 11.1 Å². The van der Waals surface area contributed by atoms with Gasteiger partial charge in [-0.05, 0) is 50.4 Å². The molecule has 0 bridgehead atoms. The van der Waals surface area contributed by atoms with E-state index in [1.807, 2.05) is 0 Å². The Morgan fingerprint density at radius 3 is 2.72 bits per heavy atom. The van der Waals surface area contributed by atoms with Crippen molar-refractivity contribution in [3.05, 3.63) is 29.3 Å². The van der Waals surface area contributed by atoms with Gasteiger partial charge in [0.25, 0.3) is 21.8 Å². The maximum absolute atomic E-state index is 12.6. The van der Waals surface area contributed by atoms with Crippen LogP contribution in [-0.2, 0) is 10.0 Å². The van der Waals surface area contributed by atoms with Crippen molar-refractivity contribution in [2.24, 2.45) is 11.7 Å². The van der Waals surface area contributed by atoms with E-state index in [1.165, 1.54) is 18.2 Å². The summed E-state index contributed by atoms with van der Waals surface area (Å²) in [5.41, 5.74) is 6.16. The Hall–Kier alpha value is -1.93. The smallest absolute Gasteiger partial charge is 0.268 e. The molecule has 1 aromatic rings. The second-order valence-electron chi connectivity index (χ2n) is 6.55. The molecule has 2 amide bonds. The molecule has 2 unspecified atom stereocenters. The summed E-state index contributed by atoms with van der Waals surface area (Å²) in [6, 6.07) is 4.22. The maximum atomic E-state index is 12.6. The van der Waals surface area contributed by atoms with Crippen molar-refractivity contribution in [2.45, 2.75) is 43.5 Å². The Morgan fingerprint density at radius 1 is 1.32 bits per heavy atom. The van der Waals surface area contributed by atoms with Gasteiger partial charge >= 0.3 is 0 Å². The van der Waals surface area contributed by atoms with Crippen LogP contribution in [-0.4, -0.2) is 43.7 Å². The number of hydrogen-bond donors (Lipinski definition) is 2. The summed E-state index contributed by atoms with van der Waals surface area (Å²) in [6.45, 7) is 2.19. The van der Waals surface area contributed by atoms with Gasteiger partial charge in [-0.3, -0.25) is 9.59 Å². The minimum atomic E-state index is -3.87. The van der Waals surface area contributed by atoms with Crippen LogP contribution < -0.4 is 11.1 Å². The number of nitrogens with zero attached hydrogens (tertiary/aromatic N) is 1. The van der Waals surface area contributed by atoms with Crippen LogP contribution in [0.15, 0.2) is 23.1 Å². The summed E-state index contributed by atoms with van der Waals surface area (Å²) in [4.78, 5) is 24.6. The highest BCUT2D eigenvalue weighted by Gasteiger charge is 2.40. The molecule has 0 spiro atoms. The number of nitrogens with one attached hydrogen (secondary N) is 1. The summed E-state index contributed by atoms with van der Waals surface area (Å²) in [6.07, 6.45) is 4.01. The molecule has 25 heavy (non-hydrogen) atoms. The van der Waals surface area contributed by atoms with Gasteiger partial charge in [0, 0.05) is 18.2 Å². The number of nitrogens with two attached hydrogens (primary N) is 1. The first kappa shape index (κ1) is 17.9. The van der Waals surface area contributed by atoms with Crippen molar-refractivity contribution in [2.75, 3.05) is 13.1 Å². The van der Waals surface area contributed by atoms with Gasteiger partial charge in [0.1, 0.15) is 4.90 Å². The van der Waals surface area contributed by atoms with Gasteiger partial charge in [0.2, 0.25) is 0 Å². The van der Waals surface area contributed by atoms with Crippen LogP contribution in [0.4, 0.5) is 0 Å². The first-order valence-electron chi connectivity index (χ1n) is 8.62. The Balaban J connectivity index is 1.86. The molecule has 0 saturated heterocycles. The zero-order valence-electron chi connectivity index (χ0n) is 14.2.